The predicted molar refractivity (Wildman–Crippen MR) is 80.5 cm³/mol. The lowest BCUT2D eigenvalue weighted by atomic mass is 9.80. The highest BCUT2D eigenvalue weighted by Crippen LogP contribution is 2.41. The fourth-order valence-electron chi connectivity index (χ4n) is 3.27. The number of ketones is 1. The van der Waals surface area contributed by atoms with Crippen LogP contribution in [0.1, 0.15) is 40.5 Å². The molecule has 1 N–H and O–H groups in total. The summed E-state index contributed by atoms with van der Waals surface area (Å²) in [6.45, 7) is 8.14. The molecule has 0 unspecified atom stereocenters. The van der Waals surface area contributed by atoms with E-state index in [1.165, 1.54) is 0 Å². The summed E-state index contributed by atoms with van der Waals surface area (Å²) in [6, 6.07) is 2.88. The van der Waals surface area contributed by atoms with Crippen LogP contribution in [0.4, 0.5) is 0 Å². The maximum atomic E-state index is 12.5. The SMILES string of the molecule is CC[Si](CC)(CC)O[C@@]1(C)C[C@H]2OC(=O)C(O)=C2CC1=O. The predicted octanol–water partition coefficient (Wildman–Crippen LogP) is 2.87. The topological polar surface area (TPSA) is 72.8 Å². The molecule has 5 nitrogen and oxygen atoms in total. The number of ether oxygens (including phenoxy) is 1. The van der Waals surface area contributed by atoms with Gasteiger partial charge < -0.3 is 14.3 Å². The molecule has 0 radical (unpaired) electrons. The van der Waals surface area contributed by atoms with E-state index in [2.05, 4.69) is 20.8 Å². The van der Waals surface area contributed by atoms with E-state index in [9.17, 15) is 14.7 Å². The third-order valence-corrected chi connectivity index (χ3v) is 9.78. The van der Waals surface area contributed by atoms with Crippen LogP contribution in [0.3, 0.4) is 0 Å². The van der Waals surface area contributed by atoms with Gasteiger partial charge in [0.15, 0.2) is 14.1 Å². The lowest BCUT2D eigenvalue weighted by molar-refractivity contribution is -0.149. The summed E-state index contributed by atoms with van der Waals surface area (Å²) in [5.41, 5.74) is -0.490. The van der Waals surface area contributed by atoms with Gasteiger partial charge >= 0.3 is 5.97 Å². The summed E-state index contributed by atoms with van der Waals surface area (Å²) in [6.07, 6.45) is -0.163. The first kappa shape index (κ1) is 16.2. The van der Waals surface area contributed by atoms with Crippen molar-refractivity contribution in [2.75, 3.05) is 0 Å². The van der Waals surface area contributed by atoms with Gasteiger partial charge in [-0.1, -0.05) is 20.8 Å². The van der Waals surface area contributed by atoms with Crippen molar-refractivity contribution < 1.29 is 23.9 Å². The van der Waals surface area contributed by atoms with Crippen LogP contribution in [0.2, 0.25) is 18.1 Å². The Hall–Kier alpha value is -1.14. The molecule has 0 aromatic carbocycles. The normalized spacial score (nSPS) is 29.6. The first-order valence-corrected chi connectivity index (χ1v) is 10.2. The molecule has 1 fully saturated rings. The second-order valence-electron chi connectivity index (χ2n) is 6.15. The number of aliphatic hydroxyl groups excluding tert-OH is 1. The van der Waals surface area contributed by atoms with Crippen LogP contribution in [-0.2, 0) is 18.8 Å². The van der Waals surface area contributed by atoms with Gasteiger partial charge in [0.25, 0.3) is 0 Å². The van der Waals surface area contributed by atoms with Crippen molar-refractivity contribution in [3.05, 3.63) is 11.3 Å². The number of carbonyl (C=O) groups is 2. The van der Waals surface area contributed by atoms with Crippen LogP contribution in [-0.4, -0.2) is 36.9 Å². The molecule has 21 heavy (non-hydrogen) atoms. The van der Waals surface area contributed by atoms with Crippen molar-refractivity contribution in [2.45, 2.75) is 70.4 Å². The molecule has 2 rings (SSSR count). The van der Waals surface area contributed by atoms with E-state index in [4.69, 9.17) is 9.16 Å². The molecule has 0 amide bonds. The fraction of sp³-hybridized carbons (Fsp3) is 0.733. The molecule has 1 heterocycles. The Morgan fingerprint density at radius 3 is 2.38 bits per heavy atom. The summed E-state index contributed by atoms with van der Waals surface area (Å²) < 4.78 is 11.6. The van der Waals surface area contributed by atoms with Crippen molar-refractivity contribution in [3.8, 4) is 0 Å². The Labute approximate surface area is 126 Å². The smallest absolute Gasteiger partial charge is 0.374 e. The Bertz CT molecular complexity index is 486. The van der Waals surface area contributed by atoms with Gasteiger partial charge in [-0.15, -0.1) is 0 Å². The first-order chi connectivity index (χ1) is 9.80. The van der Waals surface area contributed by atoms with Gasteiger partial charge in [0.1, 0.15) is 11.7 Å². The van der Waals surface area contributed by atoms with Gasteiger partial charge in [0.05, 0.1) is 0 Å². The highest BCUT2D eigenvalue weighted by molar-refractivity contribution is 6.73. The lowest BCUT2D eigenvalue weighted by Crippen LogP contribution is -2.54. The monoisotopic (exact) mass is 312 g/mol. The van der Waals surface area contributed by atoms with E-state index < -0.39 is 26.0 Å². The van der Waals surface area contributed by atoms with Gasteiger partial charge in [-0.2, -0.15) is 0 Å². The summed E-state index contributed by atoms with van der Waals surface area (Å²) in [5, 5.41) is 9.67. The molecule has 0 saturated heterocycles. The number of fused-ring (bicyclic) bond motifs is 1. The molecule has 0 bridgehead atoms. The van der Waals surface area contributed by atoms with Gasteiger partial charge in [0.2, 0.25) is 5.76 Å². The van der Waals surface area contributed by atoms with Crippen LogP contribution in [0.15, 0.2) is 11.3 Å². The maximum Gasteiger partial charge on any atom is 0.374 e. The molecule has 1 aliphatic carbocycles. The minimum absolute atomic E-state index is 0.0420. The van der Waals surface area contributed by atoms with Crippen molar-refractivity contribution >= 4 is 20.1 Å². The molecule has 6 heteroatoms. The molecule has 0 aromatic rings. The van der Waals surface area contributed by atoms with Crippen molar-refractivity contribution in [1.29, 1.82) is 0 Å². The third kappa shape index (κ3) is 2.66. The average Bonchev–Trinajstić information content (AvgIpc) is 2.72. The van der Waals surface area contributed by atoms with Crippen LogP contribution in [0.5, 0.6) is 0 Å². The van der Waals surface area contributed by atoms with Crippen molar-refractivity contribution in [2.24, 2.45) is 0 Å². The molecule has 118 valence electrons. The van der Waals surface area contributed by atoms with Crippen LogP contribution in [0, 0.1) is 0 Å². The number of aliphatic hydroxyl groups is 1. The summed E-state index contributed by atoms with van der Waals surface area (Å²) in [5.74, 6) is -1.18. The Morgan fingerprint density at radius 2 is 1.86 bits per heavy atom. The van der Waals surface area contributed by atoms with Crippen LogP contribution >= 0.6 is 0 Å². The quantitative estimate of drug-likeness (QED) is 0.624. The van der Waals surface area contributed by atoms with Crippen LogP contribution in [0.25, 0.3) is 0 Å². The number of rotatable bonds is 5. The minimum Gasteiger partial charge on any atom is -0.502 e. The number of esters is 1. The van der Waals surface area contributed by atoms with Crippen molar-refractivity contribution in [3.63, 3.8) is 0 Å². The fourth-order valence-corrected chi connectivity index (χ4v) is 6.36. The second-order valence-corrected chi connectivity index (χ2v) is 10.8. The Kier molecular flexibility index (Phi) is 4.30. The van der Waals surface area contributed by atoms with E-state index in [0.717, 1.165) is 18.1 Å². The van der Waals surface area contributed by atoms with E-state index in [0.29, 0.717) is 12.0 Å². The molecule has 0 spiro atoms. The van der Waals surface area contributed by atoms with Gasteiger partial charge in [-0.3, -0.25) is 4.79 Å². The largest absolute Gasteiger partial charge is 0.502 e. The number of Topliss-reactive ketones (excluding diaryl/α,β-unsaturated/α-hetero) is 1. The molecule has 1 aliphatic heterocycles. The molecule has 2 atom stereocenters. The van der Waals surface area contributed by atoms with E-state index >= 15 is 0 Å². The zero-order valence-corrected chi connectivity index (χ0v) is 14.2. The Morgan fingerprint density at radius 1 is 1.29 bits per heavy atom. The van der Waals surface area contributed by atoms with Crippen molar-refractivity contribution in [1.82, 2.24) is 0 Å². The van der Waals surface area contributed by atoms with E-state index in [-0.39, 0.29) is 18.0 Å². The average molecular weight is 312 g/mol. The molecule has 0 aromatic heterocycles. The van der Waals surface area contributed by atoms with Crippen LogP contribution < -0.4 is 0 Å². The lowest BCUT2D eigenvalue weighted by Gasteiger charge is -2.42. The second kappa shape index (κ2) is 5.57. The van der Waals surface area contributed by atoms with Gasteiger partial charge in [0, 0.05) is 18.4 Å². The Balaban J connectivity index is 2.25. The summed E-state index contributed by atoms with van der Waals surface area (Å²) in [7, 11) is -1.94. The molecule has 1 saturated carbocycles. The standard InChI is InChI=1S/C15H24O5Si/c1-5-21(6-2,7-3)20-15(4)9-11-10(8-12(15)16)13(17)14(18)19-11/h11,17H,5-9H2,1-4H3/t11-,15+/m1/s1. The summed E-state index contributed by atoms with van der Waals surface area (Å²) >= 11 is 0. The first-order valence-electron chi connectivity index (χ1n) is 7.67. The molecular formula is C15H24O5Si. The van der Waals surface area contributed by atoms with Gasteiger partial charge in [-0.25, -0.2) is 4.79 Å². The van der Waals surface area contributed by atoms with E-state index in [1.54, 1.807) is 6.92 Å². The third-order valence-electron chi connectivity index (χ3n) is 5.03. The van der Waals surface area contributed by atoms with Gasteiger partial charge in [-0.05, 0) is 25.1 Å². The number of carbonyl (C=O) groups excluding carboxylic acids is 2. The minimum atomic E-state index is -1.94. The highest BCUT2D eigenvalue weighted by Gasteiger charge is 2.51. The zero-order chi connectivity index (χ0) is 15.8. The zero-order valence-electron chi connectivity index (χ0n) is 13.2. The highest BCUT2D eigenvalue weighted by atomic mass is 28.4. The number of hydrogen-bond acceptors (Lipinski definition) is 5. The summed E-state index contributed by atoms with van der Waals surface area (Å²) in [4.78, 5) is 24.0. The van der Waals surface area contributed by atoms with E-state index in [1.807, 2.05) is 0 Å². The number of hydrogen-bond donors (Lipinski definition) is 1. The maximum absolute atomic E-state index is 12.5. The molecular weight excluding hydrogens is 288 g/mol. The molecule has 2 aliphatic rings.